The Balaban J connectivity index is 2.15. The van der Waals surface area contributed by atoms with Gasteiger partial charge in [0.15, 0.2) is 0 Å². The number of hydrogen-bond acceptors (Lipinski definition) is 2. The molecule has 0 spiro atoms. The van der Waals surface area contributed by atoms with E-state index in [1.807, 2.05) is 36.4 Å². The molecule has 0 aliphatic heterocycles. The highest BCUT2D eigenvalue weighted by Crippen LogP contribution is 2.24. The molecular formula is C14H16ClNO. The number of hydrogen-bond donors (Lipinski definition) is 1. The summed E-state index contributed by atoms with van der Waals surface area (Å²) >= 11 is 5.84. The van der Waals surface area contributed by atoms with Crippen molar-refractivity contribution in [2.45, 2.75) is 25.8 Å². The Morgan fingerprint density at radius 1 is 1.18 bits per heavy atom. The molecule has 1 heterocycles. The van der Waals surface area contributed by atoms with Crippen LogP contribution in [-0.4, -0.2) is 6.04 Å². The van der Waals surface area contributed by atoms with Crippen molar-refractivity contribution in [3.05, 3.63) is 47.2 Å². The van der Waals surface area contributed by atoms with Crippen LogP contribution in [0.5, 0.6) is 0 Å². The Morgan fingerprint density at radius 3 is 2.53 bits per heavy atom. The maximum absolute atomic E-state index is 5.90. The number of nitrogens with two attached hydrogens (primary N) is 1. The fourth-order valence-corrected chi connectivity index (χ4v) is 1.79. The van der Waals surface area contributed by atoms with E-state index in [2.05, 4.69) is 6.92 Å². The summed E-state index contributed by atoms with van der Waals surface area (Å²) in [6.45, 7) is 2.08. The summed E-state index contributed by atoms with van der Waals surface area (Å²) in [6.07, 6.45) is 1.74. The molecule has 1 unspecified atom stereocenters. The summed E-state index contributed by atoms with van der Waals surface area (Å²) < 4.78 is 5.76. The van der Waals surface area contributed by atoms with E-state index in [9.17, 15) is 0 Å². The van der Waals surface area contributed by atoms with Gasteiger partial charge in [-0.05, 0) is 42.8 Å². The van der Waals surface area contributed by atoms with Gasteiger partial charge in [0.25, 0.3) is 0 Å². The van der Waals surface area contributed by atoms with Crippen LogP contribution >= 0.6 is 11.6 Å². The highest BCUT2D eigenvalue weighted by molar-refractivity contribution is 6.30. The molecule has 2 nitrogen and oxygen atoms in total. The van der Waals surface area contributed by atoms with Gasteiger partial charge in [-0.25, -0.2) is 0 Å². The Morgan fingerprint density at radius 2 is 1.88 bits per heavy atom. The Labute approximate surface area is 106 Å². The minimum absolute atomic E-state index is 0.166. The molecule has 1 atom stereocenters. The second-order valence-electron chi connectivity index (χ2n) is 4.15. The molecule has 0 saturated heterocycles. The van der Waals surface area contributed by atoms with Crippen molar-refractivity contribution >= 4 is 11.6 Å². The molecule has 0 saturated carbocycles. The highest BCUT2D eigenvalue weighted by atomic mass is 35.5. The van der Waals surface area contributed by atoms with Crippen molar-refractivity contribution in [2.24, 2.45) is 5.73 Å². The number of benzene rings is 1. The highest BCUT2D eigenvalue weighted by Gasteiger charge is 2.07. The van der Waals surface area contributed by atoms with Gasteiger partial charge in [0.05, 0.1) is 0 Å². The molecule has 1 aromatic carbocycles. The van der Waals surface area contributed by atoms with Gasteiger partial charge < -0.3 is 10.2 Å². The molecule has 0 aliphatic carbocycles. The largest absolute Gasteiger partial charge is 0.461 e. The van der Waals surface area contributed by atoms with Crippen molar-refractivity contribution in [1.82, 2.24) is 0 Å². The van der Waals surface area contributed by atoms with Crippen molar-refractivity contribution in [1.29, 1.82) is 0 Å². The molecule has 2 N–H and O–H groups in total. The van der Waals surface area contributed by atoms with E-state index >= 15 is 0 Å². The summed E-state index contributed by atoms with van der Waals surface area (Å²) in [6, 6.07) is 11.7. The van der Waals surface area contributed by atoms with E-state index < -0.39 is 0 Å². The fraction of sp³-hybridized carbons (Fsp3) is 0.286. The first kappa shape index (κ1) is 12.2. The SMILES string of the molecule is CCC(N)Cc1ccc(-c2ccc(Cl)cc2)o1. The first-order valence-corrected chi connectivity index (χ1v) is 6.17. The lowest BCUT2D eigenvalue weighted by atomic mass is 10.1. The first-order chi connectivity index (χ1) is 8.19. The second kappa shape index (κ2) is 5.39. The zero-order valence-corrected chi connectivity index (χ0v) is 10.6. The molecule has 0 radical (unpaired) electrons. The average molecular weight is 250 g/mol. The monoisotopic (exact) mass is 249 g/mol. The molecule has 17 heavy (non-hydrogen) atoms. The molecule has 2 rings (SSSR count). The van der Waals surface area contributed by atoms with Crippen LogP contribution in [0.25, 0.3) is 11.3 Å². The zero-order valence-electron chi connectivity index (χ0n) is 9.82. The smallest absolute Gasteiger partial charge is 0.134 e. The van der Waals surface area contributed by atoms with E-state index in [-0.39, 0.29) is 6.04 Å². The molecule has 0 fully saturated rings. The van der Waals surface area contributed by atoms with Crippen LogP contribution in [0.3, 0.4) is 0 Å². The lowest BCUT2D eigenvalue weighted by Crippen LogP contribution is -2.20. The summed E-state index contributed by atoms with van der Waals surface area (Å²) in [5.41, 5.74) is 6.93. The fourth-order valence-electron chi connectivity index (χ4n) is 1.66. The van der Waals surface area contributed by atoms with Gasteiger partial charge in [-0.15, -0.1) is 0 Å². The number of furan rings is 1. The van der Waals surface area contributed by atoms with E-state index in [0.29, 0.717) is 0 Å². The van der Waals surface area contributed by atoms with Crippen LogP contribution in [0.2, 0.25) is 5.02 Å². The summed E-state index contributed by atoms with van der Waals surface area (Å²) in [4.78, 5) is 0. The van der Waals surface area contributed by atoms with Gasteiger partial charge in [-0.1, -0.05) is 18.5 Å². The van der Waals surface area contributed by atoms with Gasteiger partial charge in [-0.2, -0.15) is 0 Å². The van der Waals surface area contributed by atoms with Gasteiger partial charge in [0.2, 0.25) is 0 Å². The van der Waals surface area contributed by atoms with Crippen molar-refractivity contribution < 1.29 is 4.42 Å². The third-order valence-corrected chi connectivity index (χ3v) is 3.03. The molecule has 0 aliphatic rings. The minimum Gasteiger partial charge on any atom is -0.461 e. The normalized spacial score (nSPS) is 12.6. The average Bonchev–Trinajstić information content (AvgIpc) is 2.78. The third-order valence-electron chi connectivity index (χ3n) is 2.78. The Kier molecular flexibility index (Phi) is 3.87. The maximum atomic E-state index is 5.90. The van der Waals surface area contributed by atoms with Crippen LogP contribution in [0.15, 0.2) is 40.8 Å². The van der Waals surface area contributed by atoms with Crippen LogP contribution in [0.4, 0.5) is 0 Å². The van der Waals surface area contributed by atoms with Crippen LogP contribution < -0.4 is 5.73 Å². The minimum atomic E-state index is 0.166. The summed E-state index contributed by atoms with van der Waals surface area (Å²) in [5, 5.41) is 0.730. The van der Waals surface area contributed by atoms with Crippen LogP contribution in [-0.2, 0) is 6.42 Å². The van der Waals surface area contributed by atoms with E-state index in [0.717, 1.165) is 34.9 Å². The topological polar surface area (TPSA) is 39.2 Å². The molecule has 2 aromatic rings. The van der Waals surface area contributed by atoms with Crippen molar-refractivity contribution in [3.8, 4) is 11.3 Å². The Hall–Kier alpha value is -1.25. The predicted molar refractivity (Wildman–Crippen MR) is 71.1 cm³/mol. The lowest BCUT2D eigenvalue weighted by molar-refractivity contribution is 0.490. The predicted octanol–water partition coefficient (Wildman–Crippen LogP) is 3.88. The van der Waals surface area contributed by atoms with Gasteiger partial charge in [0.1, 0.15) is 11.5 Å². The number of halogens is 1. The molecular weight excluding hydrogens is 234 g/mol. The second-order valence-corrected chi connectivity index (χ2v) is 4.58. The van der Waals surface area contributed by atoms with Crippen molar-refractivity contribution in [2.75, 3.05) is 0 Å². The summed E-state index contributed by atoms with van der Waals surface area (Å²) in [7, 11) is 0. The molecule has 0 amide bonds. The van der Waals surface area contributed by atoms with Gasteiger partial charge in [0, 0.05) is 23.0 Å². The standard InChI is InChI=1S/C14H16ClNO/c1-2-12(16)9-13-7-8-14(17-13)10-3-5-11(15)6-4-10/h3-8,12H,2,9,16H2,1H3. The maximum Gasteiger partial charge on any atom is 0.134 e. The summed E-state index contributed by atoms with van der Waals surface area (Å²) in [5.74, 6) is 1.80. The quantitative estimate of drug-likeness (QED) is 0.893. The van der Waals surface area contributed by atoms with Gasteiger partial charge in [-0.3, -0.25) is 0 Å². The van der Waals surface area contributed by atoms with E-state index in [1.165, 1.54) is 0 Å². The molecule has 3 heteroatoms. The Bertz CT molecular complexity index is 475. The van der Waals surface area contributed by atoms with E-state index in [4.69, 9.17) is 21.8 Å². The van der Waals surface area contributed by atoms with Crippen LogP contribution in [0.1, 0.15) is 19.1 Å². The molecule has 0 bridgehead atoms. The van der Waals surface area contributed by atoms with Crippen molar-refractivity contribution in [3.63, 3.8) is 0 Å². The third kappa shape index (κ3) is 3.11. The lowest BCUT2D eigenvalue weighted by Gasteiger charge is -2.05. The van der Waals surface area contributed by atoms with E-state index in [1.54, 1.807) is 0 Å². The zero-order chi connectivity index (χ0) is 12.3. The molecule has 90 valence electrons. The molecule has 1 aromatic heterocycles. The van der Waals surface area contributed by atoms with Crippen LogP contribution in [0, 0.1) is 0 Å². The number of rotatable bonds is 4. The van der Waals surface area contributed by atoms with Gasteiger partial charge >= 0.3 is 0 Å². The first-order valence-electron chi connectivity index (χ1n) is 5.79.